The van der Waals surface area contributed by atoms with Crippen molar-refractivity contribution in [3.05, 3.63) is 0 Å². The van der Waals surface area contributed by atoms with Crippen molar-refractivity contribution in [2.75, 3.05) is 13.1 Å². The molecule has 0 saturated carbocycles. The summed E-state index contributed by atoms with van der Waals surface area (Å²) in [7, 11) is 0. The Morgan fingerprint density at radius 3 is 2.67 bits per heavy atom. The van der Waals surface area contributed by atoms with E-state index < -0.39 is 11.9 Å². The van der Waals surface area contributed by atoms with Crippen molar-refractivity contribution in [1.82, 2.24) is 10.2 Å². The lowest BCUT2D eigenvalue weighted by atomic mass is 10.0. The number of nitrogens with two attached hydrogens (primary N) is 1. The van der Waals surface area contributed by atoms with Gasteiger partial charge in [-0.15, -0.1) is 0 Å². The van der Waals surface area contributed by atoms with E-state index in [-0.39, 0.29) is 6.03 Å². The summed E-state index contributed by atoms with van der Waals surface area (Å²) >= 11 is 0. The normalized spacial score (nSPS) is 21.4. The van der Waals surface area contributed by atoms with E-state index in [0.29, 0.717) is 19.5 Å². The summed E-state index contributed by atoms with van der Waals surface area (Å²) in [5.74, 6) is -0.424. The van der Waals surface area contributed by atoms with Crippen LogP contribution in [-0.2, 0) is 4.79 Å². The molecule has 12 heavy (non-hydrogen) atoms. The Bertz CT molecular complexity index is 205. The summed E-state index contributed by atoms with van der Waals surface area (Å²) in [6.07, 6.45) is 0.687. The van der Waals surface area contributed by atoms with Crippen LogP contribution in [0.5, 0.6) is 0 Å². The molecule has 1 heterocycles. The highest BCUT2D eigenvalue weighted by atomic mass is 16.2. The van der Waals surface area contributed by atoms with Gasteiger partial charge in [0.25, 0.3) is 0 Å². The second-order valence-corrected chi connectivity index (χ2v) is 2.74. The quantitative estimate of drug-likeness (QED) is 0.575. The zero-order valence-corrected chi connectivity index (χ0v) is 7.04. The van der Waals surface area contributed by atoms with Gasteiger partial charge in [-0.25, -0.2) is 4.79 Å². The molecule has 1 fully saturated rings. The molecule has 0 radical (unpaired) electrons. The molecular weight excluding hydrogens is 158 g/mol. The summed E-state index contributed by atoms with van der Waals surface area (Å²) in [6.45, 7) is 3.03. The number of primary amides is 1. The average Bonchev–Trinajstić information content (AvgIpc) is 1.82. The maximum Gasteiger partial charge on any atom is 0.318 e. The Hall–Kier alpha value is -1.26. The van der Waals surface area contributed by atoms with E-state index in [4.69, 9.17) is 5.73 Å². The topological polar surface area (TPSA) is 75.4 Å². The molecule has 0 bridgehead atoms. The summed E-state index contributed by atoms with van der Waals surface area (Å²) < 4.78 is 0. The van der Waals surface area contributed by atoms with Gasteiger partial charge in [0.1, 0.15) is 6.04 Å². The van der Waals surface area contributed by atoms with Crippen LogP contribution < -0.4 is 11.1 Å². The largest absolute Gasteiger partial charge is 0.368 e. The van der Waals surface area contributed by atoms with Gasteiger partial charge >= 0.3 is 6.03 Å². The molecule has 0 aromatic carbocycles. The minimum atomic E-state index is -0.424. The average molecular weight is 171 g/mol. The van der Waals surface area contributed by atoms with Gasteiger partial charge in [0, 0.05) is 13.1 Å². The van der Waals surface area contributed by atoms with Crippen LogP contribution in [0, 0.1) is 0 Å². The predicted molar refractivity (Wildman–Crippen MR) is 43.4 cm³/mol. The zero-order chi connectivity index (χ0) is 9.14. The van der Waals surface area contributed by atoms with Crippen LogP contribution >= 0.6 is 0 Å². The number of hydrogen-bond donors (Lipinski definition) is 2. The smallest absolute Gasteiger partial charge is 0.318 e. The van der Waals surface area contributed by atoms with Gasteiger partial charge in [-0.05, 0) is 13.3 Å². The molecule has 1 atom stereocenters. The minimum Gasteiger partial charge on any atom is -0.368 e. The molecule has 1 aliphatic heterocycles. The first kappa shape index (κ1) is 8.83. The summed E-state index contributed by atoms with van der Waals surface area (Å²) in [4.78, 5) is 23.3. The Balaban J connectivity index is 2.43. The Kier molecular flexibility index (Phi) is 2.52. The van der Waals surface area contributed by atoms with Gasteiger partial charge < -0.3 is 16.0 Å². The fourth-order valence-electron chi connectivity index (χ4n) is 1.18. The number of likely N-dealkylation sites (tertiary alicyclic amines) is 1. The molecule has 0 aliphatic carbocycles. The lowest BCUT2D eigenvalue weighted by Crippen LogP contribution is -2.59. The number of nitrogens with one attached hydrogen (secondary N) is 1. The van der Waals surface area contributed by atoms with Crippen LogP contribution in [0.1, 0.15) is 13.3 Å². The standard InChI is InChI=1S/C7H13N3O2/c1-2-9-7(12)10-4-3-5(10)6(8)11/h5H,2-4H2,1H3,(H2,8,11)(H,9,12). The number of hydrogen-bond acceptors (Lipinski definition) is 2. The second kappa shape index (κ2) is 3.42. The number of amides is 3. The van der Waals surface area contributed by atoms with E-state index in [0.717, 1.165) is 0 Å². The van der Waals surface area contributed by atoms with Crippen molar-refractivity contribution in [1.29, 1.82) is 0 Å². The zero-order valence-electron chi connectivity index (χ0n) is 7.04. The fourth-order valence-corrected chi connectivity index (χ4v) is 1.18. The van der Waals surface area contributed by atoms with Gasteiger partial charge in [-0.1, -0.05) is 0 Å². The molecule has 68 valence electrons. The fraction of sp³-hybridized carbons (Fsp3) is 0.714. The number of carbonyl (C=O) groups is 2. The molecule has 0 aromatic heterocycles. The molecular formula is C7H13N3O2. The van der Waals surface area contributed by atoms with Crippen LogP contribution in [0.15, 0.2) is 0 Å². The van der Waals surface area contributed by atoms with Crippen molar-refractivity contribution in [3.63, 3.8) is 0 Å². The molecule has 0 spiro atoms. The van der Waals surface area contributed by atoms with Gasteiger partial charge in [0.15, 0.2) is 0 Å². The molecule has 3 amide bonds. The maximum atomic E-state index is 11.1. The predicted octanol–water partition coefficient (Wildman–Crippen LogP) is -0.724. The summed E-state index contributed by atoms with van der Waals surface area (Å²) in [5, 5.41) is 2.61. The van der Waals surface area contributed by atoms with Crippen molar-refractivity contribution in [2.24, 2.45) is 5.73 Å². The highest BCUT2D eigenvalue weighted by Gasteiger charge is 2.35. The van der Waals surface area contributed by atoms with Gasteiger partial charge in [0.05, 0.1) is 0 Å². The van der Waals surface area contributed by atoms with E-state index in [1.807, 2.05) is 6.92 Å². The van der Waals surface area contributed by atoms with Crippen LogP contribution in [0.2, 0.25) is 0 Å². The van der Waals surface area contributed by atoms with Crippen LogP contribution in [0.4, 0.5) is 4.79 Å². The summed E-state index contributed by atoms with van der Waals surface area (Å²) in [6, 6.07) is -0.593. The van der Waals surface area contributed by atoms with Crippen molar-refractivity contribution in [2.45, 2.75) is 19.4 Å². The van der Waals surface area contributed by atoms with E-state index in [1.54, 1.807) is 0 Å². The molecule has 3 N–H and O–H groups in total. The van der Waals surface area contributed by atoms with E-state index in [1.165, 1.54) is 4.90 Å². The third-order valence-electron chi connectivity index (χ3n) is 1.94. The number of rotatable bonds is 2. The second-order valence-electron chi connectivity index (χ2n) is 2.74. The SMILES string of the molecule is CCNC(=O)N1CCC1C(N)=O. The Labute approximate surface area is 70.9 Å². The molecule has 1 rings (SSSR count). The Morgan fingerprint density at radius 1 is 1.67 bits per heavy atom. The number of urea groups is 1. The third kappa shape index (κ3) is 1.49. The summed E-state index contributed by atoms with van der Waals surface area (Å²) in [5.41, 5.74) is 5.06. The van der Waals surface area contributed by atoms with Crippen molar-refractivity contribution < 1.29 is 9.59 Å². The van der Waals surface area contributed by atoms with Crippen molar-refractivity contribution in [3.8, 4) is 0 Å². The third-order valence-corrected chi connectivity index (χ3v) is 1.94. The van der Waals surface area contributed by atoms with Crippen molar-refractivity contribution >= 4 is 11.9 Å². The number of nitrogens with zero attached hydrogens (tertiary/aromatic N) is 1. The van der Waals surface area contributed by atoms with Crippen LogP contribution in [0.25, 0.3) is 0 Å². The van der Waals surface area contributed by atoms with Gasteiger partial charge in [0.2, 0.25) is 5.91 Å². The molecule has 1 saturated heterocycles. The maximum absolute atomic E-state index is 11.1. The number of carbonyl (C=O) groups excluding carboxylic acids is 2. The first-order chi connectivity index (χ1) is 5.66. The molecule has 0 aromatic rings. The lowest BCUT2D eigenvalue weighted by molar-refractivity contribution is -0.125. The Morgan fingerprint density at radius 2 is 2.33 bits per heavy atom. The minimum absolute atomic E-state index is 0.201. The van der Waals surface area contributed by atoms with Gasteiger partial charge in [-0.3, -0.25) is 4.79 Å². The first-order valence-corrected chi connectivity index (χ1v) is 4.00. The molecule has 1 unspecified atom stereocenters. The van der Waals surface area contributed by atoms with E-state index in [9.17, 15) is 9.59 Å². The molecule has 5 nitrogen and oxygen atoms in total. The van der Waals surface area contributed by atoms with Gasteiger partial charge in [-0.2, -0.15) is 0 Å². The van der Waals surface area contributed by atoms with Crippen LogP contribution in [-0.4, -0.2) is 36.0 Å². The lowest BCUT2D eigenvalue weighted by Gasteiger charge is -2.38. The van der Waals surface area contributed by atoms with E-state index >= 15 is 0 Å². The van der Waals surface area contributed by atoms with Crippen LogP contribution in [0.3, 0.4) is 0 Å². The highest BCUT2D eigenvalue weighted by molar-refractivity contribution is 5.87. The molecule has 5 heteroatoms. The first-order valence-electron chi connectivity index (χ1n) is 4.00. The molecule has 1 aliphatic rings. The highest BCUT2D eigenvalue weighted by Crippen LogP contribution is 2.16. The van der Waals surface area contributed by atoms with E-state index in [2.05, 4.69) is 5.32 Å². The monoisotopic (exact) mass is 171 g/mol.